The Morgan fingerprint density at radius 2 is 1.80 bits per heavy atom. The number of rotatable bonds is 6. The van der Waals surface area contributed by atoms with Gasteiger partial charge < -0.3 is 20.8 Å². The van der Waals surface area contributed by atoms with Crippen LogP contribution >= 0.6 is 0 Å². The molecule has 2 aromatic rings. The molecule has 1 aromatic carbocycles. The van der Waals surface area contributed by atoms with Gasteiger partial charge in [-0.15, -0.1) is 0 Å². The summed E-state index contributed by atoms with van der Waals surface area (Å²) in [5.74, 6) is 0. The Balaban J connectivity index is 2.46. The highest BCUT2D eigenvalue weighted by Gasteiger charge is 2.13. The molecule has 5 heteroatoms. The summed E-state index contributed by atoms with van der Waals surface area (Å²) in [5.41, 5.74) is 9.14. The van der Waals surface area contributed by atoms with E-state index in [1.54, 1.807) is 6.20 Å². The Morgan fingerprint density at radius 3 is 2.40 bits per heavy atom. The lowest BCUT2D eigenvalue weighted by Crippen LogP contribution is -2.30. The van der Waals surface area contributed by atoms with E-state index in [2.05, 4.69) is 4.98 Å². The molecule has 0 amide bonds. The molecule has 0 aliphatic rings. The van der Waals surface area contributed by atoms with E-state index in [-0.39, 0.29) is 13.2 Å². The lowest BCUT2D eigenvalue weighted by Gasteiger charge is -2.25. The van der Waals surface area contributed by atoms with Crippen molar-refractivity contribution in [2.75, 3.05) is 36.9 Å². The molecule has 106 valence electrons. The number of nitrogen functional groups attached to an aromatic ring is 1. The Hall–Kier alpha value is -2.11. The summed E-state index contributed by atoms with van der Waals surface area (Å²) in [6.07, 6.45) is 1.73. The van der Waals surface area contributed by atoms with E-state index >= 15 is 0 Å². The molecule has 0 saturated carbocycles. The smallest absolute Gasteiger partial charge is 0.0723 e. The maximum atomic E-state index is 9.18. The van der Waals surface area contributed by atoms with Crippen LogP contribution < -0.4 is 10.6 Å². The van der Waals surface area contributed by atoms with Crippen molar-refractivity contribution in [2.45, 2.75) is 0 Å². The summed E-state index contributed by atoms with van der Waals surface area (Å²) in [6.45, 7) is 0.937. The van der Waals surface area contributed by atoms with E-state index in [0.29, 0.717) is 18.8 Å². The molecule has 0 saturated heterocycles. The fourth-order valence-electron chi connectivity index (χ4n) is 2.15. The van der Waals surface area contributed by atoms with Crippen molar-refractivity contribution in [3.63, 3.8) is 0 Å². The monoisotopic (exact) mass is 273 g/mol. The van der Waals surface area contributed by atoms with Gasteiger partial charge in [-0.1, -0.05) is 6.07 Å². The van der Waals surface area contributed by atoms with Crippen LogP contribution in [0.4, 0.5) is 11.4 Å². The molecule has 4 N–H and O–H groups in total. The second-order valence-electron chi connectivity index (χ2n) is 4.43. The number of hydrogen-bond acceptors (Lipinski definition) is 5. The van der Waals surface area contributed by atoms with Crippen molar-refractivity contribution in [1.29, 1.82) is 0 Å². The van der Waals surface area contributed by atoms with Crippen molar-refractivity contribution >= 4 is 11.4 Å². The highest BCUT2D eigenvalue weighted by atomic mass is 16.3. The molecule has 1 heterocycles. The number of nitrogens with zero attached hydrogens (tertiary/aromatic N) is 2. The van der Waals surface area contributed by atoms with Crippen LogP contribution in [-0.2, 0) is 0 Å². The third-order valence-electron chi connectivity index (χ3n) is 3.04. The molecule has 1 aromatic heterocycles. The average molecular weight is 273 g/mol. The van der Waals surface area contributed by atoms with E-state index in [4.69, 9.17) is 5.73 Å². The minimum absolute atomic E-state index is 0.0199. The highest BCUT2D eigenvalue weighted by Crippen LogP contribution is 2.31. The van der Waals surface area contributed by atoms with E-state index in [1.807, 2.05) is 41.3 Å². The van der Waals surface area contributed by atoms with Crippen LogP contribution in [0.1, 0.15) is 0 Å². The number of hydrogen-bond donors (Lipinski definition) is 3. The number of nitrogens with two attached hydrogens (primary N) is 1. The third-order valence-corrected chi connectivity index (χ3v) is 3.04. The Bertz CT molecular complexity index is 540. The number of aromatic nitrogens is 1. The van der Waals surface area contributed by atoms with E-state index in [1.165, 1.54) is 0 Å². The molecule has 5 nitrogen and oxygen atoms in total. The van der Waals surface area contributed by atoms with Crippen LogP contribution in [0.15, 0.2) is 42.6 Å². The van der Waals surface area contributed by atoms with E-state index in [9.17, 15) is 10.2 Å². The van der Waals surface area contributed by atoms with Gasteiger partial charge in [0, 0.05) is 36.2 Å². The van der Waals surface area contributed by atoms with E-state index in [0.717, 1.165) is 16.9 Å². The Labute approximate surface area is 118 Å². The quantitative estimate of drug-likeness (QED) is 0.687. The molecule has 0 spiro atoms. The number of aliphatic hydroxyl groups excluding tert-OH is 2. The summed E-state index contributed by atoms with van der Waals surface area (Å²) in [4.78, 5) is 6.27. The minimum atomic E-state index is 0.0199. The maximum absolute atomic E-state index is 9.18. The summed E-state index contributed by atoms with van der Waals surface area (Å²) in [7, 11) is 0. The molecular formula is C15H19N3O2. The zero-order valence-electron chi connectivity index (χ0n) is 11.2. The first-order valence-corrected chi connectivity index (χ1v) is 6.54. The summed E-state index contributed by atoms with van der Waals surface area (Å²) in [5, 5.41) is 18.4. The SMILES string of the molecule is Nc1ccc(N(CCO)CCO)c(-c2ccccn2)c1. The van der Waals surface area contributed by atoms with Gasteiger partial charge in [-0.3, -0.25) is 4.98 Å². The van der Waals surface area contributed by atoms with Crippen molar-refractivity contribution in [2.24, 2.45) is 0 Å². The fourth-order valence-corrected chi connectivity index (χ4v) is 2.15. The Kier molecular flexibility index (Phi) is 4.92. The number of pyridine rings is 1. The minimum Gasteiger partial charge on any atom is -0.399 e. The zero-order valence-corrected chi connectivity index (χ0v) is 11.2. The average Bonchev–Trinajstić information content (AvgIpc) is 2.48. The molecule has 2 rings (SSSR count). The lowest BCUT2D eigenvalue weighted by atomic mass is 10.1. The number of anilines is 2. The molecule has 0 radical (unpaired) electrons. The van der Waals surface area contributed by atoms with Crippen molar-refractivity contribution in [3.05, 3.63) is 42.6 Å². The molecule has 0 aliphatic carbocycles. The largest absolute Gasteiger partial charge is 0.399 e. The Morgan fingerprint density at radius 1 is 1.05 bits per heavy atom. The predicted octanol–water partition coefficient (Wildman–Crippen LogP) is 1.12. The van der Waals surface area contributed by atoms with E-state index < -0.39 is 0 Å². The molecule has 0 aliphatic heterocycles. The van der Waals surface area contributed by atoms with Gasteiger partial charge in [0.25, 0.3) is 0 Å². The first-order valence-electron chi connectivity index (χ1n) is 6.54. The molecule has 0 unspecified atom stereocenters. The van der Waals surface area contributed by atoms with Crippen LogP contribution in [0.25, 0.3) is 11.3 Å². The van der Waals surface area contributed by atoms with Crippen molar-refractivity contribution in [3.8, 4) is 11.3 Å². The van der Waals surface area contributed by atoms with Crippen LogP contribution in [0, 0.1) is 0 Å². The predicted molar refractivity (Wildman–Crippen MR) is 80.5 cm³/mol. The van der Waals surface area contributed by atoms with Gasteiger partial charge in [-0.25, -0.2) is 0 Å². The van der Waals surface area contributed by atoms with Crippen LogP contribution in [0.2, 0.25) is 0 Å². The lowest BCUT2D eigenvalue weighted by molar-refractivity contribution is 0.281. The number of benzene rings is 1. The third kappa shape index (κ3) is 3.26. The summed E-state index contributed by atoms with van der Waals surface area (Å²) < 4.78 is 0. The topological polar surface area (TPSA) is 82.6 Å². The standard InChI is InChI=1S/C15H19N3O2/c16-12-4-5-15(18(7-9-19)8-10-20)13(11-12)14-3-1-2-6-17-14/h1-6,11,19-20H,7-10,16H2. The summed E-state index contributed by atoms with van der Waals surface area (Å²) in [6, 6.07) is 11.2. The molecule has 20 heavy (non-hydrogen) atoms. The highest BCUT2D eigenvalue weighted by molar-refractivity contribution is 5.79. The first-order chi connectivity index (χ1) is 9.76. The molecule has 0 atom stereocenters. The van der Waals surface area contributed by atoms with Crippen molar-refractivity contribution in [1.82, 2.24) is 4.98 Å². The van der Waals surface area contributed by atoms with Gasteiger partial charge in [0.1, 0.15) is 0 Å². The second kappa shape index (κ2) is 6.88. The molecular weight excluding hydrogens is 254 g/mol. The van der Waals surface area contributed by atoms with Gasteiger partial charge >= 0.3 is 0 Å². The van der Waals surface area contributed by atoms with Crippen molar-refractivity contribution < 1.29 is 10.2 Å². The normalized spacial score (nSPS) is 10.5. The maximum Gasteiger partial charge on any atom is 0.0723 e. The molecule has 0 bridgehead atoms. The van der Waals surface area contributed by atoms with Gasteiger partial charge in [-0.2, -0.15) is 0 Å². The zero-order chi connectivity index (χ0) is 14.4. The van der Waals surface area contributed by atoms with Gasteiger partial charge in [0.15, 0.2) is 0 Å². The van der Waals surface area contributed by atoms with Crippen LogP contribution in [-0.4, -0.2) is 41.5 Å². The van der Waals surface area contributed by atoms with Gasteiger partial charge in [-0.05, 0) is 30.3 Å². The molecule has 0 fully saturated rings. The fraction of sp³-hybridized carbons (Fsp3) is 0.267. The number of aliphatic hydroxyl groups is 2. The van der Waals surface area contributed by atoms with Crippen LogP contribution in [0.3, 0.4) is 0 Å². The van der Waals surface area contributed by atoms with Gasteiger partial charge in [0.05, 0.1) is 18.9 Å². The summed E-state index contributed by atoms with van der Waals surface area (Å²) >= 11 is 0. The first kappa shape index (κ1) is 14.3. The second-order valence-corrected chi connectivity index (χ2v) is 4.43. The van der Waals surface area contributed by atoms with Crippen LogP contribution in [0.5, 0.6) is 0 Å². The van der Waals surface area contributed by atoms with Gasteiger partial charge in [0.2, 0.25) is 0 Å².